The molecule has 114 valence electrons. The third-order valence-electron chi connectivity index (χ3n) is 3.26. The van der Waals surface area contributed by atoms with Crippen LogP contribution < -0.4 is 5.32 Å². The molecule has 0 spiro atoms. The summed E-state index contributed by atoms with van der Waals surface area (Å²) < 4.78 is 0.998. The van der Waals surface area contributed by atoms with Crippen molar-refractivity contribution in [2.45, 2.75) is 25.8 Å². The van der Waals surface area contributed by atoms with Crippen LogP contribution in [-0.2, 0) is 0 Å². The number of hydrogen-bond acceptors (Lipinski definition) is 3. The van der Waals surface area contributed by atoms with Crippen LogP contribution >= 0.6 is 27.5 Å². The lowest BCUT2D eigenvalue weighted by atomic mass is 10.0. The SMILES string of the molecule is CCCNC(CCN(C)CCO)c1ccc(Br)cc1Cl. The standard InChI is InChI=1S/C15H24BrClN2O/c1-3-7-18-15(6-8-19(2)9-10-20)13-5-4-12(16)11-14(13)17/h4-5,11,15,18,20H,3,6-10H2,1-2H3. The van der Waals surface area contributed by atoms with E-state index in [4.69, 9.17) is 16.7 Å². The first-order valence-corrected chi connectivity index (χ1v) is 8.23. The Bertz CT molecular complexity index is 403. The second-order valence-corrected chi connectivity index (χ2v) is 6.31. The van der Waals surface area contributed by atoms with E-state index in [-0.39, 0.29) is 12.6 Å². The highest BCUT2D eigenvalue weighted by molar-refractivity contribution is 9.10. The highest BCUT2D eigenvalue weighted by Crippen LogP contribution is 2.28. The summed E-state index contributed by atoms with van der Waals surface area (Å²) in [7, 11) is 2.02. The average Bonchev–Trinajstić information content (AvgIpc) is 2.40. The van der Waals surface area contributed by atoms with Crippen LogP contribution in [0.1, 0.15) is 31.4 Å². The third kappa shape index (κ3) is 6.10. The molecule has 1 unspecified atom stereocenters. The van der Waals surface area contributed by atoms with Crippen LogP contribution in [-0.4, -0.2) is 43.3 Å². The molecular formula is C15H24BrClN2O. The average molecular weight is 364 g/mol. The summed E-state index contributed by atoms with van der Waals surface area (Å²) in [6.07, 6.45) is 2.06. The van der Waals surface area contributed by atoms with Gasteiger partial charge in [-0.3, -0.25) is 0 Å². The van der Waals surface area contributed by atoms with Crippen molar-refractivity contribution in [2.75, 3.05) is 33.3 Å². The van der Waals surface area contributed by atoms with E-state index in [1.54, 1.807) is 0 Å². The van der Waals surface area contributed by atoms with E-state index in [1.807, 2.05) is 19.2 Å². The topological polar surface area (TPSA) is 35.5 Å². The first-order chi connectivity index (χ1) is 9.58. The fraction of sp³-hybridized carbons (Fsp3) is 0.600. The van der Waals surface area contributed by atoms with Gasteiger partial charge in [0, 0.05) is 22.1 Å². The van der Waals surface area contributed by atoms with Crippen molar-refractivity contribution in [3.63, 3.8) is 0 Å². The van der Waals surface area contributed by atoms with Gasteiger partial charge in [0.25, 0.3) is 0 Å². The maximum atomic E-state index is 8.95. The van der Waals surface area contributed by atoms with E-state index >= 15 is 0 Å². The van der Waals surface area contributed by atoms with Crippen LogP contribution in [0.4, 0.5) is 0 Å². The molecular weight excluding hydrogens is 340 g/mol. The molecule has 2 N–H and O–H groups in total. The highest BCUT2D eigenvalue weighted by atomic mass is 79.9. The van der Waals surface area contributed by atoms with Crippen molar-refractivity contribution in [2.24, 2.45) is 0 Å². The molecule has 0 radical (unpaired) electrons. The van der Waals surface area contributed by atoms with Gasteiger partial charge in [-0.2, -0.15) is 0 Å². The van der Waals surface area contributed by atoms with Crippen LogP contribution in [0.3, 0.4) is 0 Å². The smallest absolute Gasteiger partial charge is 0.0558 e. The number of aliphatic hydroxyl groups excluding tert-OH is 1. The number of halogens is 2. The number of benzene rings is 1. The summed E-state index contributed by atoms with van der Waals surface area (Å²) >= 11 is 9.80. The predicted octanol–water partition coefficient (Wildman–Crippen LogP) is 3.46. The van der Waals surface area contributed by atoms with Crippen LogP contribution in [0.2, 0.25) is 5.02 Å². The molecule has 0 fully saturated rings. The number of nitrogens with zero attached hydrogens (tertiary/aromatic N) is 1. The molecule has 0 bridgehead atoms. The molecule has 20 heavy (non-hydrogen) atoms. The molecule has 5 heteroatoms. The summed E-state index contributed by atoms with van der Waals surface area (Å²) in [6.45, 7) is 4.96. The van der Waals surface area contributed by atoms with Gasteiger partial charge in [-0.1, -0.05) is 40.5 Å². The molecule has 0 aliphatic rings. The molecule has 0 heterocycles. The lowest BCUT2D eigenvalue weighted by Crippen LogP contribution is -2.29. The van der Waals surface area contributed by atoms with E-state index in [0.29, 0.717) is 6.54 Å². The summed E-state index contributed by atoms with van der Waals surface area (Å²) in [4.78, 5) is 2.13. The number of hydrogen-bond donors (Lipinski definition) is 2. The van der Waals surface area contributed by atoms with E-state index in [1.165, 1.54) is 0 Å². The van der Waals surface area contributed by atoms with Crippen LogP contribution in [0.15, 0.2) is 22.7 Å². The van der Waals surface area contributed by atoms with Gasteiger partial charge in [-0.25, -0.2) is 0 Å². The van der Waals surface area contributed by atoms with Gasteiger partial charge < -0.3 is 15.3 Å². The minimum atomic E-state index is 0.197. The Morgan fingerprint density at radius 1 is 1.40 bits per heavy atom. The van der Waals surface area contributed by atoms with Crippen molar-refractivity contribution in [1.29, 1.82) is 0 Å². The summed E-state index contributed by atoms with van der Waals surface area (Å²) in [5, 5.41) is 13.3. The molecule has 0 amide bonds. The van der Waals surface area contributed by atoms with Crippen molar-refractivity contribution in [3.8, 4) is 0 Å². The fourth-order valence-corrected chi connectivity index (χ4v) is 2.91. The molecule has 1 rings (SSSR count). The Kier molecular flexibility index (Phi) is 8.73. The Balaban J connectivity index is 2.72. The zero-order valence-corrected chi connectivity index (χ0v) is 14.5. The van der Waals surface area contributed by atoms with Crippen LogP contribution in [0.5, 0.6) is 0 Å². The Labute approximate surface area is 135 Å². The Hall–Kier alpha value is -0.130. The second kappa shape index (κ2) is 9.74. The van der Waals surface area contributed by atoms with Crippen molar-refractivity contribution in [3.05, 3.63) is 33.3 Å². The monoisotopic (exact) mass is 362 g/mol. The van der Waals surface area contributed by atoms with E-state index < -0.39 is 0 Å². The maximum Gasteiger partial charge on any atom is 0.0558 e. The van der Waals surface area contributed by atoms with Gasteiger partial charge in [0.15, 0.2) is 0 Å². The van der Waals surface area contributed by atoms with Crippen molar-refractivity contribution in [1.82, 2.24) is 10.2 Å². The van der Waals surface area contributed by atoms with Crippen molar-refractivity contribution >= 4 is 27.5 Å². The molecule has 0 saturated heterocycles. The molecule has 1 aromatic carbocycles. The Morgan fingerprint density at radius 2 is 2.15 bits per heavy atom. The number of aliphatic hydroxyl groups is 1. The minimum absolute atomic E-state index is 0.197. The summed E-state index contributed by atoms with van der Waals surface area (Å²) in [6, 6.07) is 6.29. The van der Waals surface area contributed by atoms with Gasteiger partial charge in [0.1, 0.15) is 0 Å². The lowest BCUT2D eigenvalue weighted by Gasteiger charge is -2.23. The third-order valence-corrected chi connectivity index (χ3v) is 4.08. The zero-order chi connectivity index (χ0) is 15.0. The maximum absolute atomic E-state index is 8.95. The normalized spacial score (nSPS) is 12.9. The Morgan fingerprint density at radius 3 is 2.75 bits per heavy atom. The molecule has 0 aliphatic carbocycles. The number of nitrogens with one attached hydrogen (secondary N) is 1. The van der Waals surface area contributed by atoms with Gasteiger partial charge in [-0.15, -0.1) is 0 Å². The molecule has 0 aliphatic heterocycles. The van der Waals surface area contributed by atoms with E-state index in [2.05, 4.69) is 39.1 Å². The molecule has 1 aromatic rings. The van der Waals surface area contributed by atoms with Gasteiger partial charge in [0.2, 0.25) is 0 Å². The lowest BCUT2D eigenvalue weighted by molar-refractivity contribution is 0.215. The molecule has 0 aromatic heterocycles. The van der Waals surface area contributed by atoms with E-state index in [0.717, 1.165) is 41.0 Å². The zero-order valence-electron chi connectivity index (χ0n) is 12.2. The first-order valence-electron chi connectivity index (χ1n) is 7.06. The van der Waals surface area contributed by atoms with Gasteiger partial charge >= 0.3 is 0 Å². The summed E-state index contributed by atoms with van der Waals surface area (Å²) in [5.41, 5.74) is 1.14. The fourth-order valence-electron chi connectivity index (χ4n) is 2.10. The number of rotatable bonds is 9. The van der Waals surface area contributed by atoms with Crippen LogP contribution in [0, 0.1) is 0 Å². The number of likely N-dealkylation sites (N-methyl/N-ethyl adjacent to an activating group) is 1. The van der Waals surface area contributed by atoms with Crippen LogP contribution in [0.25, 0.3) is 0 Å². The molecule has 3 nitrogen and oxygen atoms in total. The minimum Gasteiger partial charge on any atom is -0.395 e. The predicted molar refractivity (Wildman–Crippen MR) is 89.4 cm³/mol. The quantitative estimate of drug-likeness (QED) is 0.705. The van der Waals surface area contributed by atoms with E-state index in [9.17, 15) is 0 Å². The summed E-state index contributed by atoms with van der Waals surface area (Å²) in [5.74, 6) is 0. The van der Waals surface area contributed by atoms with Gasteiger partial charge in [-0.05, 0) is 50.7 Å². The second-order valence-electron chi connectivity index (χ2n) is 4.99. The molecule has 1 atom stereocenters. The highest BCUT2D eigenvalue weighted by Gasteiger charge is 2.15. The molecule has 0 saturated carbocycles. The first kappa shape index (κ1) is 17.9. The van der Waals surface area contributed by atoms with Crippen molar-refractivity contribution < 1.29 is 5.11 Å². The van der Waals surface area contributed by atoms with Gasteiger partial charge in [0.05, 0.1) is 6.61 Å². The largest absolute Gasteiger partial charge is 0.395 e.